The number of nitrogens with zero attached hydrogens (tertiary/aromatic N) is 1. The van der Waals surface area contributed by atoms with E-state index in [1.807, 2.05) is 6.20 Å². The van der Waals surface area contributed by atoms with Gasteiger partial charge in [0, 0.05) is 24.8 Å². The average Bonchev–Trinajstić information content (AvgIpc) is 3.16. The van der Waals surface area contributed by atoms with Crippen LogP contribution in [0.5, 0.6) is 0 Å². The number of likely N-dealkylation sites (tertiary alicyclic amines) is 1. The first-order valence-corrected chi connectivity index (χ1v) is 7.72. The fourth-order valence-electron chi connectivity index (χ4n) is 3.42. The van der Waals surface area contributed by atoms with Gasteiger partial charge >= 0.3 is 0 Å². The fraction of sp³-hybridized carbons (Fsp3) is 0.263. The second kappa shape index (κ2) is 5.38. The summed E-state index contributed by atoms with van der Waals surface area (Å²) in [5, 5.41) is 1.33. The first kappa shape index (κ1) is 12.7. The molecule has 1 atom stereocenters. The number of benzene rings is 2. The fourth-order valence-corrected chi connectivity index (χ4v) is 3.42. The molecule has 106 valence electrons. The molecule has 0 saturated carbocycles. The van der Waals surface area contributed by atoms with Crippen LogP contribution in [-0.4, -0.2) is 23.0 Å². The maximum absolute atomic E-state index is 3.27. The van der Waals surface area contributed by atoms with Crippen LogP contribution in [0.3, 0.4) is 0 Å². The van der Waals surface area contributed by atoms with E-state index >= 15 is 0 Å². The van der Waals surface area contributed by atoms with Crippen LogP contribution < -0.4 is 0 Å². The highest BCUT2D eigenvalue weighted by Crippen LogP contribution is 2.30. The average molecular weight is 276 g/mol. The third-order valence-corrected chi connectivity index (χ3v) is 4.57. The van der Waals surface area contributed by atoms with E-state index in [2.05, 4.69) is 64.5 Å². The van der Waals surface area contributed by atoms with Crippen molar-refractivity contribution in [3.63, 3.8) is 0 Å². The van der Waals surface area contributed by atoms with Crippen molar-refractivity contribution in [1.82, 2.24) is 9.88 Å². The van der Waals surface area contributed by atoms with Crippen molar-refractivity contribution in [3.05, 3.63) is 71.9 Å². The predicted octanol–water partition coefficient (Wildman–Crippen LogP) is 4.16. The normalized spacial score (nSPS) is 19.3. The summed E-state index contributed by atoms with van der Waals surface area (Å²) >= 11 is 0. The van der Waals surface area contributed by atoms with Crippen molar-refractivity contribution in [3.8, 4) is 0 Å². The lowest BCUT2D eigenvalue weighted by molar-refractivity contribution is 0.327. The van der Waals surface area contributed by atoms with Gasteiger partial charge in [-0.3, -0.25) is 4.90 Å². The Hall–Kier alpha value is -2.06. The molecule has 3 aromatic rings. The zero-order valence-corrected chi connectivity index (χ0v) is 12.1. The summed E-state index contributed by atoms with van der Waals surface area (Å²) in [6, 6.07) is 19.8. The van der Waals surface area contributed by atoms with Crippen LogP contribution in [0.15, 0.2) is 60.8 Å². The standard InChI is InChI=1S/C19H20N2/c1-2-4-15(5-3-1)13-21-11-9-18(14-21)16-6-7-19-17(12-16)8-10-20-19/h1-8,10,12,18,20H,9,11,13-14H2. The molecule has 1 unspecified atom stereocenters. The van der Waals surface area contributed by atoms with Gasteiger partial charge < -0.3 is 4.98 Å². The van der Waals surface area contributed by atoms with Crippen molar-refractivity contribution in [2.45, 2.75) is 18.9 Å². The minimum atomic E-state index is 0.674. The third kappa shape index (κ3) is 2.59. The molecule has 0 aliphatic carbocycles. The molecular weight excluding hydrogens is 256 g/mol. The minimum absolute atomic E-state index is 0.674. The van der Waals surface area contributed by atoms with Gasteiger partial charge in [0.1, 0.15) is 0 Å². The Morgan fingerprint density at radius 1 is 1.05 bits per heavy atom. The first-order valence-electron chi connectivity index (χ1n) is 7.72. The Morgan fingerprint density at radius 3 is 2.86 bits per heavy atom. The number of fused-ring (bicyclic) bond motifs is 1. The second-order valence-corrected chi connectivity index (χ2v) is 6.03. The lowest BCUT2D eigenvalue weighted by Crippen LogP contribution is -2.19. The van der Waals surface area contributed by atoms with Crippen molar-refractivity contribution in [1.29, 1.82) is 0 Å². The molecule has 2 nitrogen and oxygen atoms in total. The second-order valence-electron chi connectivity index (χ2n) is 6.03. The van der Waals surface area contributed by atoms with E-state index in [0.717, 1.165) is 6.54 Å². The molecule has 1 aliphatic rings. The van der Waals surface area contributed by atoms with Crippen LogP contribution in [-0.2, 0) is 6.54 Å². The Labute approximate surface area is 125 Å². The van der Waals surface area contributed by atoms with Gasteiger partial charge in [-0.2, -0.15) is 0 Å². The van der Waals surface area contributed by atoms with Crippen LogP contribution in [0.2, 0.25) is 0 Å². The molecule has 1 N–H and O–H groups in total. The van der Waals surface area contributed by atoms with Crippen LogP contribution in [0.25, 0.3) is 10.9 Å². The Kier molecular flexibility index (Phi) is 3.24. The van der Waals surface area contributed by atoms with Gasteiger partial charge in [0.25, 0.3) is 0 Å². The molecule has 0 spiro atoms. The summed E-state index contributed by atoms with van der Waals surface area (Å²) in [5.41, 5.74) is 4.13. The molecule has 1 fully saturated rings. The summed E-state index contributed by atoms with van der Waals surface area (Å²) in [6.45, 7) is 3.44. The third-order valence-electron chi connectivity index (χ3n) is 4.57. The number of nitrogens with one attached hydrogen (secondary N) is 1. The maximum atomic E-state index is 3.27. The molecule has 2 heteroatoms. The summed E-state index contributed by atoms with van der Waals surface area (Å²) in [6.07, 6.45) is 3.29. The quantitative estimate of drug-likeness (QED) is 0.761. The van der Waals surface area contributed by atoms with Gasteiger partial charge in [-0.05, 0) is 53.6 Å². The number of hydrogen-bond donors (Lipinski definition) is 1. The van der Waals surface area contributed by atoms with Gasteiger partial charge in [-0.25, -0.2) is 0 Å². The van der Waals surface area contributed by atoms with Gasteiger partial charge in [0.2, 0.25) is 0 Å². The number of H-pyrrole nitrogens is 1. The molecule has 1 saturated heterocycles. The molecule has 21 heavy (non-hydrogen) atoms. The molecular formula is C19H20N2. The largest absolute Gasteiger partial charge is 0.361 e. The minimum Gasteiger partial charge on any atom is -0.361 e. The lowest BCUT2D eigenvalue weighted by Gasteiger charge is -2.16. The Morgan fingerprint density at radius 2 is 1.95 bits per heavy atom. The highest BCUT2D eigenvalue weighted by molar-refractivity contribution is 5.80. The van der Waals surface area contributed by atoms with E-state index in [1.54, 1.807) is 0 Å². The van der Waals surface area contributed by atoms with Crippen molar-refractivity contribution < 1.29 is 0 Å². The van der Waals surface area contributed by atoms with Gasteiger partial charge in [-0.15, -0.1) is 0 Å². The molecule has 2 heterocycles. The number of hydrogen-bond acceptors (Lipinski definition) is 1. The maximum Gasteiger partial charge on any atom is 0.0454 e. The van der Waals surface area contributed by atoms with Crippen molar-refractivity contribution in [2.75, 3.05) is 13.1 Å². The summed E-state index contributed by atoms with van der Waals surface area (Å²) in [4.78, 5) is 5.84. The van der Waals surface area contributed by atoms with Crippen LogP contribution in [0, 0.1) is 0 Å². The SMILES string of the molecule is c1ccc(CN2CCC(c3ccc4[nH]ccc4c3)C2)cc1. The van der Waals surface area contributed by atoms with Crippen molar-refractivity contribution >= 4 is 10.9 Å². The molecule has 0 bridgehead atoms. The smallest absolute Gasteiger partial charge is 0.0454 e. The van der Waals surface area contributed by atoms with E-state index in [9.17, 15) is 0 Å². The van der Waals surface area contributed by atoms with Crippen molar-refractivity contribution in [2.24, 2.45) is 0 Å². The van der Waals surface area contributed by atoms with Gasteiger partial charge in [-0.1, -0.05) is 36.4 Å². The molecule has 1 aliphatic heterocycles. The van der Waals surface area contributed by atoms with E-state index in [1.165, 1.54) is 41.5 Å². The highest BCUT2D eigenvalue weighted by atomic mass is 15.1. The lowest BCUT2D eigenvalue weighted by atomic mass is 9.97. The highest BCUT2D eigenvalue weighted by Gasteiger charge is 2.23. The monoisotopic (exact) mass is 276 g/mol. The van der Waals surface area contributed by atoms with Gasteiger partial charge in [0.15, 0.2) is 0 Å². The molecule has 1 aromatic heterocycles. The Balaban J connectivity index is 1.48. The molecule has 4 rings (SSSR count). The molecule has 2 aromatic carbocycles. The van der Waals surface area contributed by atoms with E-state index in [0.29, 0.717) is 5.92 Å². The number of rotatable bonds is 3. The first-order chi connectivity index (χ1) is 10.4. The topological polar surface area (TPSA) is 19.0 Å². The van der Waals surface area contributed by atoms with Gasteiger partial charge in [0.05, 0.1) is 0 Å². The molecule has 0 radical (unpaired) electrons. The molecule has 0 amide bonds. The van der Waals surface area contributed by atoms with Crippen LogP contribution in [0.1, 0.15) is 23.5 Å². The van der Waals surface area contributed by atoms with E-state index < -0.39 is 0 Å². The van der Waals surface area contributed by atoms with Crippen LogP contribution in [0.4, 0.5) is 0 Å². The zero-order valence-electron chi connectivity index (χ0n) is 12.1. The number of aromatic nitrogens is 1. The zero-order chi connectivity index (χ0) is 14.1. The van der Waals surface area contributed by atoms with E-state index in [4.69, 9.17) is 0 Å². The predicted molar refractivity (Wildman–Crippen MR) is 87.4 cm³/mol. The van der Waals surface area contributed by atoms with E-state index in [-0.39, 0.29) is 0 Å². The number of aromatic amines is 1. The summed E-state index contributed by atoms with van der Waals surface area (Å²) < 4.78 is 0. The summed E-state index contributed by atoms with van der Waals surface area (Å²) in [7, 11) is 0. The van der Waals surface area contributed by atoms with Crippen LogP contribution >= 0.6 is 0 Å². The Bertz CT molecular complexity index is 729. The summed E-state index contributed by atoms with van der Waals surface area (Å²) in [5.74, 6) is 0.674.